The summed E-state index contributed by atoms with van der Waals surface area (Å²) in [5.74, 6) is 0. The minimum absolute atomic E-state index is 0.127. The number of hydrogen-bond donors (Lipinski definition) is 0. The lowest BCUT2D eigenvalue weighted by Gasteiger charge is -1.99. The van der Waals surface area contributed by atoms with Crippen molar-refractivity contribution in [1.29, 1.82) is 0 Å². The molecule has 0 nitrogen and oxygen atoms in total. The Labute approximate surface area is 53.8 Å². The molecule has 0 spiro atoms. The van der Waals surface area contributed by atoms with Crippen LogP contribution in [0.4, 0.5) is 0 Å². The van der Waals surface area contributed by atoms with Crippen LogP contribution in [0, 0.1) is 6.42 Å². The molecule has 1 aliphatic rings. The van der Waals surface area contributed by atoms with Crippen molar-refractivity contribution in [3.05, 3.63) is 6.42 Å². The number of halogens is 2. The van der Waals surface area contributed by atoms with Crippen molar-refractivity contribution >= 4 is 23.2 Å². The molecule has 1 rings (SSSR count). The van der Waals surface area contributed by atoms with Gasteiger partial charge in [0.2, 0.25) is 0 Å². The van der Waals surface area contributed by atoms with Crippen LogP contribution in [-0.2, 0) is 0 Å². The fraction of sp³-hybridized carbons (Fsp3) is 0.800. The van der Waals surface area contributed by atoms with E-state index in [4.69, 9.17) is 23.2 Å². The number of alkyl halides is 2. The molecule has 0 aromatic carbocycles. The van der Waals surface area contributed by atoms with Crippen LogP contribution in [0.1, 0.15) is 12.8 Å². The van der Waals surface area contributed by atoms with Gasteiger partial charge in [0.1, 0.15) is 0 Å². The SMILES string of the molecule is ClC1[CH]CCC1Cl. The van der Waals surface area contributed by atoms with Gasteiger partial charge in [-0.3, -0.25) is 0 Å². The summed E-state index contributed by atoms with van der Waals surface area (Å²) < 4.78 is 0. The molecule has 0 heterocycles. The van der Waals surface area contributed by atoms with Crippen LogP contribution in [-0.4, -0.2) is 10.8 Å². The lowest BCUT2D eigenvalue weighted by Crippen LogP contribution is -2.04. The van der Waals surface area contributed by atoms with E-state index < -0.39 is 0 Å². The summed E-state index contributed by atoms with van der Waals surface area (Å²) in [5, 5.41) is 0.323. The topological polar surface area (TPSA) is 0 Å². The van der Waals surface area contributed by atoms with Crippen LogP contribution in [0.3, 0.4) is 0 Å². The second-order valence-electron chi connectivity index (χ2n) is 1.77. The van der Waals surface area contributed by atoms with E-state index in [2.05, 4.69) is 6.42 Å². The first kappa shape index (κ1) is 5.71. The lowest BCUT2D eigenvalue weighted by molar-refractivity contribution is 0.898. The second kappa shape index (κ2) is 2.23. The first-order valence-corrected chi connectivity index (χ1v) is 3.29. The third kappa shape index (κ3) is 1.23. The van der Waals surface area contributed by atoms with E-state index in [1.807, 2.05) is 0 Å². The summed E-state index contributed by atoms with van der Waals surface area (Å²) >= 11 is 11.4. The third-order valence-corrected chi connectivity index (χ3v) is 2.28. The predicted octanol–water partition coefficient (Wildman–Crippen LogP) is 2.20. The van der Waals surface area contributed by atoms with Crippen LogP contribution in [0.5, 0.6) is 0 Å². The van der Waals surface area contributed by atoms with E-state index in [9.17, 15) is 0 Å². The van der Waals surface area contributed by atoms with Gasteiger partial charge in [-0.15, -0.1) is 23.2 Å². The molecule has 0 aromatic heterocycles. The highest BCUT2D eigenvalue weighted by Crippen LogP contribution is 2.27. The van der Waals surface area contributed by atoms with Crippen molar-refractivity contribution < 1.29 is 0 Å². The zero-order valence-corrected chi connectivity index (χ0v) is 5.41. The van der Waals surface area contributed by atoms with Gasteiger partial charge in [-0.05, 0) is 19.3 Å². The zero-order chi connectivity index (χ0) is 5.28. The minimum Gasteiger partial charge on any atom is -0.121 e. The molecule has 1 aliphatic carbocycles. The van der Waals surface area contributed by atoms with Gasteiger partial charge in [-0.1, -0.05) is 0 Å². The zero-order valence-electron chi connectivity index (χ0n) is 3.90. The normalized spacial score (nSPS) is 42.0. The quantitative estimate of drug-likeness (QED) is 0.450. The summed E-state index contributed by atoms with van der Waals surface area (Å²) in [6.07, 6.45) is 4.19. The van der Waals surface area contributed by atoms with E-state index in [-0.39, 0.29) is 10.8 Å². The number of rotatable bonds is 0. The maximum absolute atomic E-state index is 5.70. The summed E-state index contributed by atoms with van der Waals surface area (Å²) in [7, 11) is 0. The van der Waals surface area contributed by atoms with Gasteiger partial charge < -0.3 is 0 Å². The fourth-order valence-electron chi connectivity index (χ4n) is 0.722. The average molecular weight is 138 g/mol. The van der Waals surface area contributed by atoms with E-state index in [1.165, 1.54) is 0 Å². The third-order valence-electron chi connectivity index (χ3n) is 1.18. The Morgan fingerprint density at radius 3 is 2.29 bits per heavy atom. The smallest absolute Gasteiger partial charge is 0.0531 e. The molecule has 0 aromatic rings. The van der Waals surface area contributed by atoms with E-state index >= 15 is 0 Å². The summed E-state index contributed by atoms with van der Waals surface area (Å²) in [6, 6.07) is 0. The Bertz CT molecular complexity index is 55.1. The van der Waals surface area contributed by atoms with Gasteiger partial charge in [-0.2, -0.15) is 0 Å². The molecule has 41 valence electrons. The van der Waals surface area contributed by atoms with Crippen molar-refractivity contribution in [3.8, 4) is 0 Å². The van der Waals surface area contributed by atoms with Crippen molar-refractivity contribution in [2.45, 2.75) is 23.6 Å². The maximum Gasteiger partial charge on any atom is 0.0531 e. The van der Waals surface area contributed by atoms with E-state index in [1.54, 1.807) is 0 Å². The van der Waals surface area contributed by atoms with Crippen LogP contribution in [0.25, 0.3) is 0 Å². The van der Waals surface area contributed by atoms with Crippen LogP contribution in [0.2, 0.25) is 0 Å². The molecule has 2 unspecified atom stereocenters. The van der Waals surface area contributed by atoms with Crippen molar-refractivity contribution in [2.75, 3.05) is 0 Å². The first-order chi connectivity index (χ1) is 3.30. The van der Waals surface area contributed by atoms with Gasteiger partial charge in [0.15, 0.2) is 0 Å². The molecule has 2 heteroatoms. The molecule has 1 fully saturated rings. The lowest BCUT2D eigenvalue weighted by atomic mass is 10.4. The Hall–Kier alpha value is 0.580. The number of hydrogen-bond acceptors (Lipinski definition) is 0. The van der Waals surface area contributed by atoms with Crippen LogP contribution < -0.4 is 0 Å². The summed E-state index contributed by atoms with van der Waals surface area (Å²) in [4.78, 5) is 0. The Balaban J connectivity index is 2.33. The Morgan fingerprint density at radius 1 is 1.43 bits per heavy atom. The maximum atomic E-state index is 5.70. The standard InChI is InChI=1S/C5H7Cl2/c6-4-2-1-3-5(4)7/h2,4-5H,1,3H2. The molecule has 2 atom stereocenters. The molecule has 7 heavy (non-hydrogen) atoms. The van der Waals surface area contributed by atoms with Crippen molar-refractivity contribution in [2.24, 2.45) is 0 Å². The van der Waals surface area contributed by atoms with Crippen molar-refractivity contribution in [3.63, 3.8) is 0 Å². The largest absolute Gasteiger partial charge is 0.121 e. The second-order valence-corrected chi connectivity index (χ2v) is 2.84. The van der Waals surface area contributed by atoms with E-state index in [0.29, 0.717) is 0 Å². The minimum atomic E-state index is 0.127. The monoisotopic (exact) mass is 137 g/mol. The molecule has 0 aliphatic heterocycles. The highest BCUT2D eigenvalue weighted by atomic mass is 35.5. The van der Waals surface area contributed by atoms with Gasteiger partial charge in [-0.25, -0.2) is 0 Å². The van der Waals surface area contributed by atoms with Crippen molar-refractivity contribution in [1.82, 2.24) is 0 Å². The molecule has 0 saturated heterocycles. The van der Waals surface area contributed by atoms with Gasteiger partial charge in [0, 0.05) is 0 Å². The van der Waals surface area contributed by atoms with Gasteiger partial charge >= 0.3 is 0 Å². The van der Waals surface area contributed by atoms with Crippen LogP contribution in [0.15, 0.2) is 0 Å². The summed E-state index contributed by atoms with van der Waals surface area (Å²) in [6.45, 7) is 0. The molecule has 0 amide bonds. The summed E-state index contributed by atoms with van der Waals surface area (Å²) in [5.41, 5.74) is 0. The van der Waals surface area contributed by atoms with Gasteiger partial charge in [0.25, 0.3) is 0 Å². The average Bonchev–Trinajstić information content (AvgIpc) is 1.91. The predicted molar refractivity (Wildman–Crippen MR) is 32.8 cm³/mol. The molecule has 0 bridgehead atoms. The molecule has 0 N–H and O–H groups in total. The molecule has 1 radical (unpaired) electrons. The Kier molecular flexibility index (Phi) is 1.82. The molecule has 1 saturated carbocycles. The Morgan fingerprint density at radius 2 is 2.14 bits per heavy atom. The highest BCUT2D eigenvalue weighted by Gasteiger charge is 2.22. The fourth-order valence-corrected chi connectivity index (χ4v) is 1.20. The highest BCUT2D eigenvalue weighted by molar-refractivity contribution is 6.31. The van der Waals surface area contributed by atoms with Crippen LogP contribution >= 0.6 is 23.2 Å². The van der Waals surface area contributed by atoms with E-state index in [0.717, 1.165) is 12.8 Å². The van der Waals surface area contributed by atoms with Gasteiger partial charge in [0.05, 0.1) is 10.8 Å². The first-order valence-electron chi connectivity index (χ1n) is 2.42. The molecular weight excluding hydrogens is 131 g/mol. The molecular formula is C5H7Cl2.